The molecule has 4 aliphatic carbocycles. The molecular formula is C32H38N10. The normalized spacial score (nSPS) is 23.6. The standard InChI is InChI=1S/C32H38N10/c1-20-18-41(16-15-40(20)19-21-7-8-21)26-14-13-25(17-34-26)35-32-36-31(33)39-42(32)30-28-23-11-9-22(10-12-23)27(28)29(37-38-30)24-5-3-2-4-6-24/h2-6,13-14,17,20-23H,7-12,15-16,18-19H2,1H3,(H3,33,35,36,39). The van der Waals surface area contributed by atoms with Crippen LogP contribution in [0.25, 0.3) is 17.1 Å². The molecule has 42 heavy (non-hydrogen) atoms. The summed E-state index contributed by atoms with van der Waals surface area (Å²) >= 11 is 0. The lowest BCUT2D eigenvalue weighted by Crippen LogP contribution is -2.52. The molecule has 2 bridgehead atoms. The molecular weight excluding hydrogens is 524 g/mol. The summed E-state index contributed by atoms with van der Waals surface area (Å²) in [6.07, 6.45) is 9.38. The average molecular weight is 563 g/mol. The molecule has 1 aliphatic heterocycles. The zero-order valence-corrected chi connectivity index (χ0v) is 24.2. The third-order valence-corrected chi connectivity index (χ3v) is 9.73. The number of piperazine rings is 1. The summed E-state index contributed by atoms with van der Waals surface area (Å²) in [5.74, 6) is 4.30. The molecule has 3 fully saturated rings. The summed E-state index contributed by atoms with van der Waals surface area (Å²) in [4.78, 5) is 14.4. The van der Waals surface area contributed by atoms with Crippen LogP contribution in [0.4, 0.5) is 23.4 Å². The maximum atomic E-state index is 6.17. The number of anilines is 4. The van der Waals surface area contributed by atoms with Crippen LogP contribution in [0.5, 0.6) is 0 Å². The van der Waals surface area contributed by atoms with Crippen LogP contribution in [-0.2, 0) is 0 Å². The van der Waals surface area contributed by atoms with E-state index in [9.17, 15) is 0 Å². The molecule has 2 saturated carbocycles. The largest absolute Gasteiger partial charge is 0.366 e. The first-order valence-electron chi connectivity index (χ1n) is 15.5. The Hall–Kier alpha value is -4.05. The van der Waals surface area contributed by atoms with Gasteiger partial charge in [-0.15, -0.1) is 15.3 Å². The fourth-order valence-corrected chi connectivity index (χ4v) is 7.34. The Morgan fingerprint density at radius 3 is 2.40 bits per heavy atom. The Kier molecular flexibility index (Phi) is 6.31. The number of nitrogens with one attached hydrogen (secondary N) is 1. The minimum atomic E-state index is 0.198. The second-order valence-electron chi connectivity index (χ2n) is 12.6. The number of benzene rings is 1. The first kappa shape index (κ1) is 25.6. The van der Waals surface area contributed by atoms with Gasteiger partial charge in [-0.05, 0) is 80.9 Å². The SMILES string of the molecule is CC1CN(c2ccc(Nc3nc(N)nn3-c3nnc(-c4ccccc4)c4c3C3CCC4CC3)cn2)CCN1CC1CC1. The maximum absolute atomic E-state index is 6.17. The van der Waals surface area contributed by atoms with E-state index in [0.717, 1.165) is 67.0 Å². The number of aromatic nitrogens is 6. The van der Waals surface area contributed by atoms with Crippen LogP contribution in [-0.4, -0.2) is 67.1 Å². The van der Waals surface area contributed by atoms with Crippen molar-refractivity contribution >= 4 is 23.4 Å². The van der Waals surface area contributed by atoms with Crippen molar-refractivity contribution in [1.82, 2.24) is 34.8 Å². The first-order valence-corrected chi connectivity index (χ1v) is 15.5. The van der Waals surface area contributed by atoms with Crippen molar-refractivity contribution in [2.24, 2.45) is 5.92 Å². The quantitative estimate of drug-likeness (QED) is 0.317. The number of nitrogen functional groups attached to an aromatic ring is 1. The van der Waals surface area contributed by atoms with Gasteiger partial charge in [0.05, 0.1) is 17.6 Å². The summed E-state index contributed by atoms with van der Waals surface area (Å²) < 4.78 is 1.74. The Bertz CT molecular complexity index is 1570. The first-order chi connectivity index (χ1) is 20.6. The molecule has 1 unspecified atom stereocenters. The molecule has 4 heterocycles. The molecule has 4 aromatic rings. The Labute approximate surface area is 246 Å². The number of fused-ring (bicyclic) bond motifs is 2. The topological polar surface area (TPSA) is 114 Å². The number of hydrogen-bond donors (Lipinski definition) is 2. The predicted octanol–water partition coefficient (Wildman–Crippen LogP) is 5.12. The van der Waals surface area contributed by atoms with Gasteiger partial charge in [-0.3, -0.25) is 4.90 Å². The van der Waals surface area contributed by atoms with Crippen LogP contribution in [0.1, 0.15) is 68.4 Å². The van der Waals surface area contributed by atoms with Crippen molar-refractivity contribution in [3.8, 4) is 17.1 Å². The highest BCUT2D eigenvalue weighted by Crippen LogP contribution is 2.53. The highest BCUT2D eigenvalue weighted by Gasteiger charge is 2.39. The Balaban J connectivity index is 1.07. The summed E-state index contributed by atoms with van der Waals surface area (Å²) in [6.45, 7) is 6.69. The molecule has 0 amide bonds. The molecule has 0 spiro atoms. The van der Waals surface area contributed by atoms with E-state index in [1.165, 1.54) is 43.4 Å². The van der Waals surface area contributed by atoms with Crippen molar-refractivity contribution < 1.29 is 0 Å². The van der Waals surface area contributed by atoms with E-state index >= 15 is 0 Å². The van der Waals surface area contributed by atoms with Gasteiger partial charge in [-0.1, -0.05) is 30.3 Å². The second-order valence-corrected chi connectivity index (χ2v) is 12.6. The molecule has 10 heteroatoms. The predicted molar refractivity (Wildman–Crippen MR) is 164 cm³/mol. The molecule has 1 atom stereocenters. The van der Waals surface area contributed by atoms with Gasteiger partial charge in [0.25, 0.3) is 0 Å². The van der Waals surface area contributed by atoms with Crippen LogP contribution in [0, 0.1) is 5.92 Å². The van der Waals surface area contributed by atoms with Gasteiger partial charge in [-0.2, -0.15) is 9.67 Å². The maximum Gasteiger partial charge on any atom is 0.241 e. The van der Waals surface area contributed by atoms with Gasteiger partial charge in [0.1, 0.15) is 5.82 Å². The highest BCUT2D eigenvalue weighted by molar-refractivity contribution is 5.69. The average Bonchev–Trinajstić information content (AvgIpc) is 3.78. The van der Waals surface area contributed by atoms with E-state index in [-0.39, 0.29) is 5.95 Å². The lowest BCUT2D eigenvalue weighted by Gasteiger charge is -2.40. The summed E-state index contributed by atoms with van der Waals surface area (Å²) in [5, 5.41) is 17.6. The van der Waals surface area contributed by atoms with Gasteiger partial charge in [0.15, 0.2) is 5.82 Å². The molecule has 5 aliphatic rings. The van der Waals surface area contributed by atoms with Gasteiger partial charge < -0.3 is 16.0 Å². The molecule has 0 radical (unpaired) electrons. The molecule has 3 N–H and O–H groups in total. The molecule has 10 nitrogen and oxygen atoms in total. The minimum absolute atomic E-state index is 0.198. The molecule has 1 aromatic carbocycles. The van der Waals surface area contributed by atoms with Crippen molar-refractivity contribution in [3.05, 3.63) is 59.8 Å². The van der Waals surface area contributed by atoms with Crippen molar-refractivity contribution in [1.29, 1.82) is 0 Å². The van der Waals surface area contributed by atoms with Gasteiger partial charge in [0.2, 0.25) is 11.9 Å². The lowest BCUT2D eigenvalue weighted by molar-refractivity contribution is 0.181. The second kappa shape index (κ2) is 10.3. The van der Waals surface area contributed by atoms with Crippen molar-refractivity contribution in [2.45, 2.75) is 63.3 Å². The van der Waals surface area contributed by atoms with E-state index in [4.69, 9.17) is 20.9 Å². The van der Waals surface area contributed by atoms with Crippen molar-refractivity contribution in [2.75, 3.05) is 42.1 Å². The van der Waals surface area contributed by atoms with E-state index in [1.54, 1.807) is 4.68 Å². The fourth-order valence-electron chi connectivity index (χ4n) is 7.34. The van der Waals surface area contributed by atoms with Crippen LogP contribution >= 0.6 is 0 Å². The number of pyridine rings is 1. The van der Waals surface area contributed by atoms with Gasteiger partial charge in [0, 0.05) is 43.3 Å². The van der Waals surface area contributed by atoms with Crippen LogP contribution < -0.4 is 16.0 Å². The van der Waals surface area contributed by atoms with E-state index in [1.807, 2.05) is 12.3 Å². The molecule has 216 valence electrons. The number of nitrogens with zero attached hydrogens (tertiary/aromatic N) is 8. The monoisotopic (exact) mass is 562 g/mol. The highest BCUT2D eigenvalue weighted by atomic mass is 15.5. The number of hydrogen-bond acceptors (Lipinski definition) is 9. The zero-order chi connectivity index (χ0) is 28.2. The third kappa shape index (κ3) is 4.67. The zero-order valence-electron chi connectivity index (χ0n) is 24.2. The summed E-state index contributed by atoms with van der Waals surface area (Å²) in [6, 6.07) is 15.1. The number of nitrogens with two attached hydrogens (primary N) is 1. The van der Waals surface area contributed by atoms with Crippen molar-refractivity contribution in [3.63, 3.8) is 0 Å². The lowest BCUT2D eigenvalue weighted by atomic mass is 9.66. The summed E-state index contributed by atoms with van der Waals surface area (Å²) in [5.41, 5.74) is 11.7. The van der Waals surface area contributed by atoms with E-state index in [2.05, 4.69) is 68.5 Å². The smallest absolute Gasteiger partial charge is 0.241 e. The summed E-state index contributed by atoms with van der Waals surface area (Å²) in [7, 11) is 0. The molecule has 3 aromatic heterocycles. The van der Waals surface area contributed by atoms with E-state index in [0.29, 0.717) is 23.8 Å². The molecule has 9 rings (SSSR count). The number of rotatable bonds is 7. The van der Waals surface area contributed by atoms with E-state index < -0.39 is 0 Å². The van der Waals surface area contributed by atoms with Gasteiger partial charge >= 0.3 is 0 Å². The molecule has 1 saturated heterocycles. The van der Waals surface area contributed by atoms with Crippen LogP contribution in [0.2, 0.25) is 0 Å². The van der Waals surface area contributed by atoms with Crippen LogP contribution in [0.3, 0.4) is 0 Å². The van der Waals surface area contributed by atoms with Gasteiger partial charge in [-0.25, -0.2) is 4.98 Å². The Morgan fingerprint density at radius 2 is 1.69 bits per heavy atom. The Morgan fingerprint density at radius 1 is 0.905 bits per heavy atom. The minimum Gasteiger partial charge on any atom is -0.366 e. The fraction of sp³-hybridized carbons (Fsp3) is 0.469. The van der Waals surface area contributed by atoms with Crippen LogP contribution in [0.15, 0.2) is 48.7 Å². The third-order valence-electron chi connectivity index (χ3n) is 9.73.